The first kappa shape index (κ1) is 21.1. The molecule has 2 rings (SSSR count). The Morgan fingerprint density at radius 1 is 1.22 bits per heavy atom. The van der Waals surface area contributed by atoms with Crippen LogP contribution in [-0.4, -0.2) is 29.7 Å². The van der Waals surface area contributed by atoms with Gasteiger partial charge in [0, 0.05) is 12.7 Å². The van der Waals surface area contributed by atoms with E-state index in [1.54, 1.807) is 13.8 Å². The number of rotatable bonds is 6. The maximum Gasteiger partial charge on any atom is 0.388 e. The number of ether oxygens (including phenoxy) is 2. The average molecular weight is 421 g/mol. The molecule has 2 amide bonds. The second-order valence-corrected chi connectivity index (χ2v) is 6.12. The van der Waals surface area contributed by atoms with Gasteiger partial charge in [-0.1, -0.05) is 23.2 Å². The van der Waals surface area contributed by atoms with Crippen LogP contribution in [0.1, 0.15) is 24.3 Å². The third kappa shape index (κ3) is 5.38. The van der Waals surface area contributed by atoms with Gasteiger partial charge < -0.3 is 20.1 Å². The minimum absolute atomic E-state index is 0.173. The second kappa shape index (κ2) is 9.12. The molecule has 0 saturated carbocycles. The van der Waals surface area contributed by atoms with Gasteiger partial charge in [-0.25, -0.2) is 9.78 Å². The van der Waals surface area contributed by atoms with Gasteiger partial charge in [0.05, 0.1) is 40.6 Å². The van der Waals surface area contributed by atoms with Gasteiger partial charge in [0.1, 0.15) is 5.02 Å². The standard InChI is InChI=1S/C16H16Cl2F2N4O3/c1-7-13(18)12(8(2)26-3)11(6-21-7)24-16(25)23-9-4-10(17)14(22-5-9)27-15(19)20/h4-6,8,15H,1-3H3,(H2,23,24,25). The zero-order chi connectivity index (χ0) is 20.1. The second-order valence-electron chi connectivity index (χ2n) is 5.33. The number of urea groups is 1. The van der Waals surface area contributed by atoms with E-state index in [2.05, 4.69) is 25.3 Å². The van der Waals surface area contributed by atoms with Crippen LogP contribution < -0.4 is 15.4 Å². The molecule has 0 aromatic carbocycles. The number of carbonyl (C=O) groups excluding carboxylic acids is 1. The zero-order valence-corrected chi connectivity index (χ0v) is 16.0. The van der Waals surface area contributed by atoms with E-state index in [4.69, 9.17) is 27.9 Å². The summed E-state index contributed by atoms with van der Waals surface area (Å²) in [7, 11) is 1.51. The molecule has 0 radical (unpaired) electrons. The van der Waals surface area contributed by atoms with E-state index in [0.29, 0.717) is 22.0 Å². The fraction of sp³-hybridized carbons (Fsp3) is 0.312. The van der Waals surface area contributed by atoms with Crippen molar-refractivity contribution in [2.45, 2.75) is 26.6 Å². The van der Waals surface area contributed by atoms with Crippen LogP contribution in [-0.2, 0) is 4.74 Å². The van der Waals surface area contributed by atoms with Crippen LogP contribution in [0, 0.1) is 6.92 Å². The number of alkyl halides is 2. The van der Waals surface area contributed by atoms with Crippen molar-refractivity contribution in [3.63, 3.8) is 0 Å². The molecule has 2 aromatic heterocycles. The van der Waals surface area contributed by atoms with Crippen LogP contribution in [0.25, 0.3) is 0 Å². The molecular weight excluding hydrogens is 405 g/mol. The van der Waals surface area contributed by atoms with Crippen molar-refractivity contribution in [3.8, 4) is 5.88 Å². The number of hydrogen-bond donors (Lipinski definition) is 2. The number of aromatic nitrogens is 2. The molecule has 0 aliphatic rings. The van der Waals surface area contributed by atoms with E-state index < -0.39 is 24.6 Å². The Bertz CT molecular complexity index is 840. The third-order valence-electron chi connectivity index (χ3n) is 3.51. The van der Waals surface area contributed by atoms with Crippen molar-refractivity contribution >= 4 is 40.6 Å². The Balaban J connectivity index is 2.17. The van der Waals surface area contributed by atoms with E-state index in [1.807, 2.05) is 0 Å². The average Bonchev–Trinajstić information content (AvgIpc) is 2.60. The summed E-state index contributed by atoms with van der Waals surface area (Å²) in [6.07, 6.45) is 2.19. The van der Waals surface area contributed by atoms with E-state index in [0.717, 1.165) is 6.20 Å². The van der Waals surface area contributed by atoms with Gasteiger partial charge in [0.2, 0.25) is 5.88 Å². The van der Waals surface area contributed by atoms with Crippen molar-refractivity contribution in [2.75, 3.05) is 17.7 Å². The first-order valence-electron chi connectivity index (χ1n) is 7.59. The molecule has 0 spiro atoms. The summed E-state index contributed by atoms with van der Waals surface area (Å²) in [6.45, 7) is 0.446. The van der Waals surface area contributed by atoms with Crippen LogP contribution in [0.5, 0.6) is 5.88 Å². The van der Waals surface area contributed by atoms with Gasteiger partial charge in [-0.15, -0.1) is 0 Å². The summed E-state index contributed by atoms with van der Waals surface area (Å²) in [5, 5.41) is 5.28. The summed E-state index contributed by atoms with van der Waals surface area (Å²) in [4.78, 5) is 20.0. The number of anilines is 2. The van der Waals surface area contributed by atoms with Crippen LogP contribution in [0.4, 0.5) is 25.0 Å². The van der Waals surface area contributed by atoms with E-state index in [9.17, 15) is 13.6 Å². The van der Waals surface area contributed by atoms with Crippen LogP contribution in [0.3, 0.4) is 0 Å². The molecular formula is C16H16Cl2F2N4O3. The number of aryl methyl sites for hydroxylation is 1. The highest BCUT2D eigenvalue weighted by Gasteiger charge is 2.19. The number of nitrogens with one attached hydrogen (secondary N) is 2. The van der Waals surface area contributed by atoms with Gasteiger partial charge in [0.25, 0.3) is 0 Å². The summed E-state index contributed by atoms with van der Waals surface area (Å²) < 4.78 is 33.9. The van der Waals surface area contributed by atoms with Gasteiger partial charge in [-0.2, -0.15) is 8.78 Å². The van der Waals surface area contributed by atoms with Crippen molar-refractivity contribution in [1.29, 1.82) is 0 Å². The van der Waals surface area contributed by atoms with Crippen molar-refractivity contribution in [2.24, 2.45) is 0 Å². The molecule has 1 unspecified atom stereocenters. The van der Waals surface area contributed by atoms with Crippen molar-refractivity contribution < 1.29 is 23.0 Å². The number of methoxy groups -OCH3 is 1. The Morgan fingerprint density at radius 2 is 1.93 bits per heavy atom. The lowest BCUT2D eigenvalue weighted by atomic mass is 10.1. The lowest BCUT2D eigenvalue weighted by Gasteiger charge is -2.18. The number of pyridine rings is 2. The van der Waals surface area contributed by atoms with Crippen LogP contribution >= 0.6 is 23.2 Å². The van der Waals surface area contributed by atoms with Gasteiger partial charge in [0.15, 0.2) is 0 Å². The Kier molecular flexibility index (Phi) is 7.11. The fourth-order valence-corrected chi connectivity index (χ4v) is 2.68. The molecule has 2 aromatic rings. The molecule has 27 heavy (non-hydrogen) atoms. The number of amides is 2. The highest BCUT2D eigenvalue weighted by molar-refractivity contribution is 6.32. The van der Waals surface area contributed by atoms with Gasteiger partial charge in [-0.05, 0) is 19.9 Å². The van der Waals surface area contributed by atoms with Crippen molar-refractivity contribution in [3.05, 3.63) is 39.8 Å². The Morgan fingerprint density at radius 3 is 2.52 bits per heavy atom. The Labute approximate surface area is 164 Å². The highest BCUT2D eigenvalue weighted by Crippen LogP contribution is 2.33. The summed E-state index contributed by atoms with van der Waals surface area (Å²) in [6, 6.07) is 0.590. The summed E-state index contributed by atoms with van der Waals surface area (Å²) >= 11 is 12.1. The highest BCUT2D eigenvalue weighted by atomic mass is 35.5. The zero-order valence-electron chi connectivity index (χ0n) is 14.5. The molecule has 7 nitrogen and oxygen atoms in total. The number of hydrogen-bond acceptors (Lipinski definition) is 5. The van der Waals surface area contributed by atoms with Crippen LogP contribution in [0.15, 0.2) is 18.5 Å². The summed E-state index contributed by atoms with van der Waals surface area (Å²) in [5.74, 6) is -0.441. The lowest BCUT2D eigenvalue weighted by molar-refractivity contribution is -0.0527. The molecule has 0 fully saturated rings. The van der Waals surface area contributed by atoms with Crippen molar-refractivity contribution in [1.82, 2.24) is 9.97 Å². The fourth-order valence-electron chi connectivity index (χ4n) is 2.17. The molecule has 0 bridgehead atoms. The van der Waals surface area contributed by atoms with E-state index in [-0.39, 0.29) is 10.7 Å². The minimum Gasteiger partial charge on any atom is -0.415 e. The SMILES string of the molecule is COC(C)c1c(NC(=O)Nc2cnc(OC(F)F)c(Cl)c2)cnc(C)c1Cl. The minimum atomic E-state index is -3.06. The molecule has 2 N–H and O–H groups in total. The first-order chi connectivity index (χ1) is 12.7. The van der Waals surface area contributed by atoms with Crippen LogP contribution in [0.2, 0.25) is 10.0 Å². The third-order valence-corrected chi connectivity index (χ3v) is 4.25. The van der Waals surface area contributed by atoms with Gasteiger partial charge >= 0.3 is 12.6 Å². The molecule has 0 saturated heterocycles. The predicted octanol–water partition coefficient (Wildman–Crippen LogP) is 5.04. The number of carbonyl (C=O) groups is 1. The quantitative estimate of drug-likeness (QED) is 0.682. The molecule has 1 atom stereocenters. The normalized spacial score (nSPS) is 12.0. The maximum atomic E-state index is 12.3. The molecule has 2 heterocycles. The molecule has 0 aliphatic heterocycles. The smallest absolute Gasteiger partial charge is 0.388 e. The van der Waals surface area contributed by atoms with E-state index in [1.165, 1.54) is 19.4 Å². The topological polar surface area (TPSA) is 85.4 Å². The molecule has 0 aliphatic carbocycles. The Hall–Kier alpha value is -2.23. The number of nitrogens with zero attached hydrogens (tertiary/aromatic N) is 2. The number of halogens is 4. The lowest BCUT2D eigenvalue weighted by Crippen LogP contribution is -2.21. The molecule has 11 heteroatoms. The van der Waals surface area contributed by atoms with E-state index >= 15 is 0 Å². The largest absolute Gasteiger partial charge is 0.415 e. The maximum absolute atomic E-state index is 12.3. The summed E-state index contributed by atoms with van der Waals surface area (Å²) in [5.41, 5.74) is 1.69. The predicted molar refractivity (Wildman–Crippen MR) is 97.9 cm³/mol. The monoisotopic (exact) mass is 420 g/mol. The van der Waals surface area contributed by atoms with Gasteiger partial charge in [-0.3, -0.25) is 4.98 Å². The first-order valence-corrected chi connectivity index (χ1v) is 8.34. The molecule has 146 valence electrons.